The molecule has 2 aromatic heterocycles. The Kier molecular flexibility index (Phi) is 4.32. The Bertz CT molecular complexity index is 616. The molecule has 3 rings (SSSR count). The lowest BCUT2D eigenvalue weighted by atomic mass is 10.0. The molecule has 1 aliphatic rings. The Morgan fingerprint density at radius 2 is 2.18 bits per heavy atom. The predicted octanol–water partition coefficient (Wildman–Crippen LogP) is 2.81. The summed E-state index contributed by atoms with van der Waals surface area (Å²) in [5, 5.41) is 4.41. The highest BCUT2D eigenvalue weighted by atomic mass is 16.2. The van der Waals surface area contributed by atoms with Crippen LogP contribution in [0.2, 0.25) is 0 Å². The maximum atomic E-state index is 12.6. The zero-order chi connectivity index (χ0) is 15.5. The van der Waals surface area contributed by atoms with Gasteiger partial charge in [0.2, 0.25) is 5.91 Å². The summed E-state index contributed by atoms with van der Waals surface area (Å²) in [6.45, 7) is 5.79. The number of hydrogen-bond acceptors (Lipinski definition) is 2. The molecule has 0 aliphatic carbocycles. The van der Waals surface area contributed by atoms with Crippen molar-refractivity contribution in [3.8, 4) is 0 Å². The van der Waals surface area contributed by atoms with E-state index in [2.05, 4.69) is 22.8 Å². The average molecular weight is 300 g/mol. The third-order valence-electron chi connectivity index (χ3n) is 4.46. The maximum Gasteiger partial charge on any atom is 0.224 e. The van der Waals surface area contributed by atoms with Crippen molar-refractivity contribution >= 4 is 5.91 Å². The van der Waals surface area contributed by atoms with Crippen LogP contribution in [-0.4, -0.2) is 38.2 Å². The smallest absolute Gasteiger partial charge is 0.224 e. The zero-order valence-electron chi connectivity index (χ0n) is 13.4. The number of aromatic nitrogens is 3. The van der Waals surface area contributed by atoms with E-state index in [1.165, 1.54) is 5.56 Å². The topological polar surface area (TPSA) is 43.1 Å². The number of rotatable bonds is 4. The van der Waals surface area contributed by atoms with E-state index < -0.39 is 0 Å². The number of aryl methyl sites for hydroxylation is 1. The molecule has 0 N–H and O–H groups in total. The number of likely N-dealkylation sites (tertiary alicyclic amines) is 1. The van der Waals surface area contributed by atoms with Gasteiger partial charge in [-0.15, -0.1) is 0 Å². The maximum absolute atomic E-state index is 12.6. The summed E-state index contributed by atoms with van der Waals surface area (Å²) in [5.41, 5.74) is 1.17. The van der Waals surface area contributed by atoms with Crippen molar-refractivity contribution in [2.75, 3.05) is 13.1 Å². The molecule has 1 aliphatic heterocycles. The van der Waals surface area contributed by atoms with E-state index in [0.717, 1.165) is 25.9 Å². The van der Waals surface area contributed by atoms with Crippen LogP contribution in [0.15, 0.2) is 36.9 Å². The number of piperidine rings is 1. The highest BCUT2D eigenvalue weighted by Crippen LogP contribution is 2.23. The largest absolute Gasteiger partial charge is 0.351 e. The van der Waals surface area contributed by atoms with Crippen LogP contribution in [0.5, 0.6) is 0 Å². The normalized spacial score (nSPS) is 20.1. The monoisotopic (exact) mass is 300 g/mol. The van der Waals surface area contributed by atoms with Gasteiger partial charge in [0.05, 0.1) is 12.2 Å². The lowest BCUT2D eigenvalue weighted by molar-refractivity contribution is -0.133. The first-order chi connectivity index (χ1) is 10.6. The summed E-state index contributed by atoms with van der Waals surface area (Å²) < 4.78 is 4.11. The van der Waals surface area contributed by atoms with Gasteiger partial charge in [0.1, 0.15) is 0 Å². The van der Waals surface area contributed by atoms with Gasteiger partial charge >= 0.3 is 0 Å². The van der Waals surface area contributed by atoms with Gasteiger partial charge in [-0.05, 0) is 44.4 Å². The molecule has 1 fully saturated rings. The lowest BCUT2D eigenvalue weighted by Gasteiger charge is -2.33. The fourth-order valence-electron chi connectivity index (χ4n) is 3.16. The van der Waals surface area contributed by atoms with Crippen molar-refractivity contribution in [3.63, 3.8) is 0 Å². The molecule has 2 atom stereocenters. The molecule has 2 aromatic rings. The third kappa shape index (κ3) is 3.24. The van der Waals surface area contributed by atoms with Gasteiger partial charge < -0.3 is 9.47 Å². The molecule has 5 heteroatoms. The minimum absolute atomic E-state index is 0.204. The summed E-state index contributed by atoms with van der Waals surface area (Å²) in [6.07, 6.45) is 10.7. The molecule has 0 saturated carbocycles. The van der Waals surface area contributed by atoms with Crippen LogP contribution in [0.3, 0.4) is 0 Å². The molecule has 3 heterocycles. The molecule has 1 saturated heterocycles. The molecule has 0 radical (unpaired) electrons. The van der Waals surface area contributed by atoms with E-state index in [-0.39, 0.29) is 11.9 Å². The average Bonchev–Trinajstić information content (AvgIpc) is 3.18. The first kappa shape index (κ1) is 14.9. The minimum Gasteiger partial charge on any atom is -0.351 e. The van der Waals surface area contributed by atoms with Crippen molar-refractivity contribution in [2.24, 2.45) is 0 Å². The lowest BCUT2D eigenvalue weighted by Crippen LogP contribution is -2.41. The van der Waals surface area contributed by atoms with Gasteiger partial charge in [-0.3, -0.25) is 9.48 Å². The Morgan fingerprint density at radius 1 is 1.41 bits per heavy atom. The van der Waals surface area contributed by atoms with Gasteiger partial charge in [0.15, 0.2) is 0 Å². The zero-order valence-corrected chi connectivity index (χ0v) is 13.4. The number of carbonyl (C=O) groups is 1. The number of nitrogens with zero attached hydrogens (tertiary/aromatic N) is 4. The number of amides is 1. The van der Waals surface area contributed by atoms with Crippen LogP contribution in [0, 0.1) is 6.92 Å². The molecule has 1 amide bonds. The van der Waals surface area contributed by atoms with Crippen LogP contribution in [0.25, 0.3) is 0 Å². The highest BCUT2D eigenvalue weighted by molar-refractivity contribution is 5.76. The summed E-state index contributed by atoms with van der Waals surface area (Å²) in [5.74, 6) is 0.245. The summed E-state index contributed by atoms with van der Waals surface area (Å²) >= 11 is 0. The standard InChI is InChI=1S/C17H24N4O/c1-14-11-18-21(12-14)16-6-5-9-20(13-16)17(22)10-15(2)19-7-3-4-8-19/h3-4,7-8,11-12,15-16H,5-6,9-10,13H2,1-2H3/t15-,16-/m0/s1. The van der Waals surface area contributed by atoms with Gasteiger partial charge in [-0.25, -0.2) is 0 Å². The van der Waals surface area contributed by atoms with Crippen LogP contribution >= 0.6 is 0 Å². The first-order valence-electron chi connectivity index (χ1n) is 8.04. The molecule has 22 heavy (non-hydrogen) atoms. The molecular weight excluding hydrogens is 276 g/mol. The Labute approximate surface area is 131 Å². The predicted molar refractivity (Wildman–Crippen MR) is 85.6 cm³/mol. The molecule has 118 valence electrons. The van der Waals surface area contributed by atoms with Gasteiger partial charge in [0.25, 0.3) is 0 Å². The molecule has 0 unspecified atom stereocenters. The van der Waals surface area contributed by atoms with E-state index in [1.54, 1.807) is 0 Å². The highest BCUT2D eigenvalue weighted by Gasteiger charge is 2.26. The van der Waals surface area contributed by atoms with Crippen molar-refractivity contribution in [1.82, 2.24) is 19.2 Å². The van der Waals surface area contributed by atoms with E-state index in [1.807, 2.05) is 47.2 Å². The van der Waals surface area contributed by atoms with Crippen LogP contribution < -0.4 is 0 Å². The van der Waals surface area contributed by atoms with E-state index in [4.69, 9.17) is 0 Å². The van der Waals surface area contributed by atoms with Crippen LogP contribution in [0.4, 0.5) is 0 Å². The van der Waals surface area contributed by atoms with Crippen molar-refractivity contribution in [3.05, 3.63) is 42.5 Å². The van der Waals surface area contributed by atoms with E-state index >= 15 is 0 Å². The number of carbonyl (C=O) groups excluding carboxylic acids is 1. The minimum atomic E-state index is 0.204. The fraction of sp³-hybridized carbons (Fsp3) is 0.529. The van der Waals surface area contributed by atoms with Crippen molar-refractivity contribution in [1.29, 1.82) is 0 Å². The van der Waals surface area contributed by atoms with E-state index in [0.29, 0.717) is 12.5 Å². The quantitative estimate of drug-likeness (QED) is 0.871. The third-order valence-corrected chi connectivity index (χ3v) is 4.46. The van der Waals surface area contributed by atoms with Gasteiger partial charge in [0, 0.05) is 44.1 Å². The summed E-state index contributed by atoms with van der Waals surface area (Å²) in [4.78, 5) is 14.6. The van der Waals surface area contributed by atoms with Crippen LogP contribution in [-0.2, 0) is 4.79 Å². The Morgan fingerprint density at radius 3 is 2.86 bits per heavy atom. The molecule has 5 nitrogen and oxygen atoms in total. The molecule has 0 spiro atoms. The van der Waals surface area contributed by atoms with Crippen molar-refractivity contribution < 1.29 is 4.79 Å². The van der Waals surface area contributed by atoms with Gasteiger partial charge in [-0.1, -0.05) is 0 Å². The van der Waals surface area contributed by atoms with Crippen LogP contribution in [0.1, 0.15) is 43.8 Å². The molecule has 0 bridgehead atoms. The number of hydrogen-bond donors (Lipinski definition) is 0. The van der Waals surface area contributed by atoms with Gasteiger partial charge in [-0.2, -0.15) is 5.10 Å². The summed E-state index contributed by atoms with van der Waals surface area (Å²) in [7, 11) is 0. The second kappa shape index (κ2) is 6.38. The molecular formula is C17H24N4O. The SMILES string of the molecule is Cc1cnn([C@H]2CCCN(C(=O)C[C@H](C)n3cccc3)C2)c1. The molecule has 0 aromatic carbocycles. The second-order valence-corrected chi connectivity index (χ2v) is 6.32. The first-order valence-corrected chi connectivity index (χ1v) is 8.04. The Hall–Kier alpha value is -2.04. The Balaban J connectivity index is 1.60. The van der Waals surface area contributed by atoms with Crippen molar-refractivity contribution in [2.45, 2.75) is 45.2 Å². The summed E-state index contributed by atoms with van der Waals surface area (Å²) in [6, 6.07) is 4.51. The second-order valence-electron chi connectivity index (χ2n) is 6.32. The fourth-order valence-corrected chi connectivity index (χ4v) is 3.16. The van der Waals surface area contributed by atoms with E-state index in [9.17, 15) is 4.79 Å².